The predicted octanol–water partition coefficient (Wildman–Crippen LogP) is 2.37. The lowest BCUT2D eigenvalue weighted by Gasteiger charge is -1.97. The van der Waals surface area contributed by atoms with Crippen molar-refractivity contribution in [3.05, 3.63) is 30.4 Å². The minimum Gasteiger partial charge on any atom is -0.264 e. The Kier molecular flexibility index (Phi) is 2.36. The lowest BCUT2D eigenvalue weighted by atomic mass is 10.2. The largest absolute Gasteiger partial charge is 0.264 e. The lowest BCUT2D eigenvalue weighted by Crippen LogP contribution is -1.97. The Balaban J connectivity index is 2.15. The fraction of sp³-hybridized carbons (Fsp3) is 0.273. The number of pyridine rings is 1. The van der Waals surface area contributed by atoms with E-state index in [1.807, 2.05) is 16.6 Å². The van der Waals surface area contributed by atoms with Gasteiger partial charge in [0.25, 0.3) is 0 Å². The Morgan fingerprint density at radius 1 is 1.29 bits per heavy atom. The highest BCUT2D eigenvalue weighted by Gasteiger charge is 2.14. The molecule has 3 aromatic rings. The van der Waals surface area contributed by atoms with Gasteiger partial charge in [-0.15, -0.1) is 10.2 Å². The number of rotatable bonds is 2. The van der Waals surface area contributed by atoms with Crippen molar-refractivity contribution in [3.63, 3.8) is 0 Å². The highest BCUT2D eigenvalue weighted by Crippen LogP contribution is 2.25. The molecule has 0 spiro atoms. The van der Waals surface area contributed by atoms with Gasteiger partial charge in [0, 0.05) is 23.9 Å². The molecule has 0 amide bonds. The van der Waals surface area contributed by atoms with E-state index in [0.29, 0.717) is 5.92 Å². The van der Waals surface area contributed by atoms with E-state index in [9.17, 15) is 0 Å². The maximum absolute atomic E-state index is 4.53. The highest BCUT2D eigenvalue weighted by atomic mass is 32.1. The van der Waals surface area contributed by atoms with Gasteiger partial charge in [0.1, 0.15) is 5.01 Å². The summed E-state index contributed by atoms with van der Waals surface area (Å²) < 4.78 is 1.82. The van der Waals surface area contributed by atoms with Gasteiger partial charge in [-0.3, -0.25) is 4.98 Å². The van der Waals surface area contributed by atoms with Gasteiger partial charge in [-0.2, -0.15) is 9.61 Å². The maximum Gasteiger partial charge on any atom is 0.234 e. The molecule has 0 unspecified atom stereocenters. The molecule has 5 nitrogen and oxygen atoms in total. The second-order valence-corrected chi connectivity index (χ2v) is 5.01. The summed E-state index contributed by atoms with van der Waals surface area (Å²) in [5.74, 6) is 1.21. The smallest absolute Gasteiger partial charge is 0.234 e. The van der Waals surface area contributed by atoms with Crippen molar-refractivity contribution >= 4 is 16.3 Å². The fourth-order valence-electron chi connectivity index (χ4n) is 1.60. The molecule has 0 aliphatic carbocycles. The number of nitrogens with zero attached hydrogens (tertiary/aromatic N) is 5. The average molecular weight is 245 g/mol. The first-order valence-electron chi connectivity index (χ1n) is 5.38. The maximum atomic E-state index is 4.53. The molecule has 0 aliphatic rings. The van der Waals surface area contributed by atoms with Crippen LogP contribution in [0.15, 0.2) is 24.5 Å². The van der Waals surface area contributed by atoms with Crippen LogP contribution in [0.3, 0.4) is 0 Å². The van der Waals surface area contributed by atoms with E-state index < -0.39 is 0 Å². The van der Waals surface area contributed by atoms with E-state index in [1.54, 1.807) is 12.4 Å². The van der Waals surface area contributed by atoms with Crippen LogP contribution in [0.1, 0.15) is 25.6 Å². The molecule has 0 radical (unpaired) electrons. The molecule has 0 fully saturated rings. The van der Waals surface area contributed by atoms with Crippen molar-refractivity contribution in [1.82, 2.24) is 24.8 Å². The van der Waals surface area contributed by atoms with Gasteiger partial charge in [-0.1, -0.05) is 25.2 Å². The predicted molar refractivity (Wildman–Crippen MR) is 66.0 cm³/mol. The van der Waals surface area contributed by atoms with Crippen LogP contribution in [0.2, 0.25) is 0 Å². The summed E-state index contributed by atoms with van der Waals surface area (Å²) >= 11 is 1.53. The third kappa shape index (κ3) is 1.70. The van der Waals surface area contributed by atoms with Crippen LogP contribution in [0.4, 0.5) is 0 Å². The number of aromatic nitrogens is 5. The van der Waals surface area contributed by atoms with Crippen molar-refractivity contribution < 1.29 is 0 Å². The minimum absolute atomic E-state index is 0.314. The summed E-state index contributed by atoms with van der Waals surface area (Å²) in [6, 6.07) is 3.90. The van der Waals surface area contributed by atoms with Crippen LogP contribution in [0, 0.1) is 0 Å². The van der Waals surface area contributed by atoms with E-state index in [0.717, 1.165) is 21.4 Å². The normalized spacial score (nSPS) is 11.5. The molecule has 3 heterocycles. The van der Waals surface area contributed by atoms with Crippen LogP contribution in [-0.4, -0.2) is 24.8 Å². The Labute approximate surface area is 102 Å². The number of hydrogen-bond donors (Lipinski definition) is 0. The summed E-state index contributed by atoms with van der Waals surface area (Å²) in [5, 5.41) is 13.7. The van der Waals surface area contributed by atoms with Crippen molar-refractivity contribution in [2.24, 2.45) is 0 Å². The van der Waals surface area contributed by atoms with Crippen molar-refractivity contribution in [2.45, 2.75) is 19.8 Å². The van der Waals surface area contributed by atoms with E-state index in [1.165, 1.54) is 11.3 Å². The Morgan fingerprint density at radius 2 is 2.18 bits per heavy atom. The molecule has 0 aromatic carbocycles. The quantitative estimate of drug-likeness (QED) is 0.695. The molecule has 0 N–H and O–H groups in total. The van der Waals surface area contributed by atoms with Crippen LogP contribution < -0.4 is 0 Å². The van der Waals surface area contributed by atoms with Crippen LogP contribution in [-0.2, 0) is 0 Å². The summed E-state index contributed by atoms with van der Waals surface area (Å²) in [7, 11) is 0. The number of hydrogen-bond acceptors (Lipinski definition) is 5. The van der Waals surface area contributed by atoms with Gasteiger partial charge < -0.3 is 0 Å². The second kappa shape index (κ2) is 3.89. The van der Waals surface area contributed by atoms with Crippen LogP contribution >= 0.6 is 11.3 Å². The molecular formula is C11H11N5S. The molecule has 0 saturated heterocycles. The van der Waals surface area contributed by atoms with Crippen LogP contribution in [0.25, 0.3) is 15.5 Å². The Morgan fingerprint density at radius 3 is 2.88 bits per heavy atom. The van der Waals surface area contributed by atoms with Crippen LogP contribution in [0.5, 0.6) is 0 Å². The minimum atomic E-state index is 0.314. The molecule has 86 valence electrons. The SMILES string of the molecule is CC(C)c1nnc2sc(-c3cccnc3)nn12. The fourth-order valence-corrected chi connectivity index (χ4v) is 2.43. The number of fused-ring (bicyclic) bond motifs is 1. The third-order valence-electron chi connectivity index (χ3n) is 2.44. The molecule has 0 bridgehead atoms. The van der Waals surface area contributed by atoms with Crippen molar-refractivity contribution in [1.29, 1.82) is 0 Å². The molecule has 3 rings (SSSR count). The molecular weight excluding hydrogens is 234 g/mol. The van der Waals surface area contributed by atoms with Gasteiger partial charge in [0.05, 0.1) is 0 Å². The lowest BCUT2D eigenvalue weighted by molar-refractivity contribution is 0.727. The van der Waals surface area contributed by atoms with E-state index in [2.05, 4.69) is 34.1 Å². The first kappa shape index (κ1) is 10.3. The van der Waals surface area contributed by atoms with Gasteiger partial charge in [0.2, 0.25) is 4.96 Å². The summed E-state index contributed by atoms with van der Waals surface area (Å²) in [6.07, 6.45) is 3.56. The zero-order valence-electron chi connectivity index (χ0n) is 9.53. The molecule has 3 aromatic heterocycles. The van der Waals surface area contributed by atoms with Gasteiger partial charge in [-0.05, 0) is 12.1 Å². The summed E-state index contributed by atoms with van der Waals surface area (Å²) in [5.41, 5.74) is 1.01. The third-order valence-corrected chi connectivity index (χ3v) is 3.39. The topological polar surface area (TPSA) is 56.0 Å². The summed E-state index contributed by atoms with van der Waals surface area (Å²) in [4.78, 5) is 4.92. The monoisotopic (exact) mass is 245 g/mol. The molecule has 0 saturated carbocycles. The molecule has 0 atom stereocenters. The van der Waals surface area contributed by atoms with E-state index in [-0.39, 0.29) is 0 Å². The first-order valence-corrected chi connectivity index (χ1v) is 6.20. The molecule has 0 aliphatic heterocycles. The van der Waals surface area contributed by atoms with Crippen molar-refractivity contribution in [2.75, 3.05) is 0 Å². The Bertz CT molecular complexity index is 640. The van der Waals surface area contributed by atoms with Gasteiger partial charge in [-0.25, -0.2) is 0 Å². The van der Waals surface area contributed by atoms with Gasteiger partial charge >= 0.3 is 0 Å². The first-order chi connectivity index (χ1) is 8.25. The molecule has 17 heavy (non-hydrogen) atoms. The van der Waals surface area contributed by atoms with Gasteiger partial charge in [0.15, 0.2) is 5.82 Å². The van der Waals surface area contributed by atoms with E-state index >= 15 is 0 Å². The highest BCUT2D eigenvalue weighted by molar-refractivity contribution is 7.19. The summed E-state index contributed by atoms with van der Waals surface area (Å²) in [6.45, 7) is 4.17. The standard InChI is InChI=1S/C11H11N5S/c1-7(2)9-13-14-11-16(9)15-10(17-11)8-4-3-5-12-6-8/h3-7H,1-2H3. The van der Waals surface area contributed by atoms with E-state index in [4.69, 9.17) is 0 Å². The zero-order chi connectivity index (χ0) is 11.8. The molecule has 6 heteroatoms. The zero-order valence-corrected chi connectivity index (χ0v) is 10.3. The average Bonchev–Trinajstić information content (AvgIpc) is 2.88. The Hall–Kier alpha value is -1.82. The van der Waals surface area contributed by atoms with Crippen molar-refractivity contribution in [3.8, 4) is 10.6 Å². The second-order valence-electron chi connectivity index (χ2n) is 4.06.